The number of pyridine rings is 2. The lowest BCUT2D eigenvalue weighted by molar-refractivity contribution is -0.119. The summed E-state index contributed by atoms with van der Waals surface area (Å²) in [6.45, 7) is 1.84. The number of aryl methyl sites for hydroxylation is 2. The van der Waals surface area contributed by atoms with Crippen LogP contribution in [0.3, 0.4) is 0 Å². The minimum atomic E-state index is -0.522. The van der Waals surface area contributed by atoms with Crippen molar-refractivity contribution in [2.45, 2.75) is 6.92 Å². The third-order valence-electron chi connectivity index (χ3n) is 4.54. The van der Waals surface area contributed by atoms with E-state index in [2.05, 4.69) is 10.1 Å². The molecule has 2 N–H and O–H groups in total. The van der Waals surface area contributed by atoms with Gasteiger partial charge in [0.1, 0.15) is 5.75 Å². The number of rotatable bonds is 5. The van der Waals surface area contributed by atoms with E-state index >= 15 is 0 Å². The van der Waals surface area contributed by atoms with Crippen LogP contribution < -0.4 is 10.5 Å². The number of amides is 1. The summed E-state index contributed by atoms with van der Waals surface area (Å²) < 4.78 is 7.24. The Morgan fingerprint density at radius 2 is 2.00 bits per heavy atom. The highest BCUT2D eigenvalue weighted by molar-refractivity contribution is 5.96. The fraction of sp³-hybridized carbons (Fsp3) is 0.143. The van der Waals surface area contributed by atoms with E-state index in [4.69, 9.17) is 15.5 Å². The molecule has 0 aliphatic heterocycles. The smallest absolute Gasteiger partial charge is 0.255 e. The monoisotopic (exact) mass is 373 g/mol. The number of benzene rings is 1. The first-order valence-electron chi connectivity index (χ1n) is 8.80. The number of carbonyl (C=O) groups excluding carboxylic acids is 1. The number of nitrogens with two attached hydrogens (primary N) is 1. The van der Waals surface area contributed by atoms with Gasteiger partial charge in [-0.05, 0) is 37.3 Å². The number of aromatic nitrogens is 4. The van der Waals surface area contributed by atoms with Crippen molar-refractivity contribution < 1.29 is 9.53 Å². The molecule has 3 aromatic heterocycles. The first kappa shape index (κ1) is 17.7. The Kier molecular flexibility index (Phi) is 4.49. The van der Waals surface area contributed by atoms with Gasteiger partial charge in [0.25, 0.3) is 5.91 Å². The first-order valence-corrected chi connectivity index (χ1v) is 8.80. The maximum atomic E-state index is 11.0. The predicted octanol–water partition coefficient (Wildman–Crippen LogP) is 2.87. The quantitative estimate of drug-likeness (QED) is 0.580. The molecule has 4 rings (SSSR count). The molecule has 0 spiro atoms. The van der Waals surface area contributed by atoms with Gasteiger partial charge in [-0.3, -0.25) is 14.5 Å². The first-order chi connectivity index (χ1) is 13.5. The summed E-state index contributed by atoms with van der Waals surface area (Å²) in [5, 5.41) is 5.53. The average Bonchev–Trinajstić information content (AvgIpc) is 3.00. The van der Waals surface area contributed by atoms with Gasteiger partial charge in [0.05, 0.1) is 16.8 Å². The van der Waals surface area contributed by atoms with Crippen molar-refractivity contribution in [3.8, 4) is 28.3 Å². The molecule has 0 saturated heterocycles. The van der Waals surface area contributed by atoms with Crippen molar-refractivity contribution in [1.29, 1.82) is 0 Å². The topological polar surface area (TPSA) is 95.9 Å². The number of carbonyl (C=O) groups is 1. The standard InChI is InChI=1S/C21H19N5O2/c1-13-20-16(17-8-3-4-9-23-17)11-18(24-21(20)25-26(13)2)14-6-5-7-15(10-14)28-12-19(22)27/h3-11H,12H2,1-2H3,(H2,22,27). The molecule has 3 heterocycles. The van der Waals surface area contributed by atoms with Crippen molar-refractivity contribution in [3.05, 3.63) is 60.4 Å². The Bertz CT molecular complexity index is 1170. The Balaban J connectivity index is 1.87. The summed E-state index contributed by atoms with van der Waals surface area (Å²) in [6.07, 6.45) is 1.77. The van der Waals surface area contributed by atoms with Crippen LogP contribution in [0.4, 0.5) is 0 Å². The Morgan fingerprint density at radius 1 is 1.14 bits per heavy atom. The van der Waals surface area contributed by atoms with Crippen LogP contribution in [0.25, 0.3) is 33.5 Å². The number of primary amides is 1. The van der Waals surface area contributed by atoms with E-state index in [1.54, 1.807) is 12.3 Å². The molecular weight excluding hydrogens is 354 g/mol. The fourth-order valence-corrected chi connectivity index (χ4v) is 3.11. The highest BCUT2D eigenvalue weighted by atomic mass is 16.5. The van der Waals surface area contributed by atoms with Crippen LogP contribution in [-0.4, -0.2) is 32.3 Å². The molecule has 0 fully saturated rings. The van der Waals surface area contributed by atoms with Gasteiger partial charge in [-0.15, -0.1) is 0 Å². The minimum absolute atomic E-state index is 0.172. The molecule has 1 amide bonds. The van der Waals surface area contributed by atoms with Gasteiger partial charge in [0, 0.05) is 30.1 Å². The lowest BCUT2D eigenvalue weighted by Crippen LogP contribution is -2.19. The second-order valence-corrected chi connectivity index (χ2v) is 6.46. The van der Waals surface area contributed by atoms with E-state index in [-0.39, 0.29) is 6.61 Å². The third kappa shape index (κ3) is 3.29. The predicted molar refractivity (Wildman–Crippen MR) is 107 cm³/mol. The van der Waals surface area contributed by atoms with Crippen LogP contribution in [0.2, 0.25) is 0 Å². The molecule has 4 aromatic rings. The molecule has 0 unspecified atom stereocenters. The summed E-state index contributed by atoms with van der Waals surface area (Å²) >= 11 is 0. The molecule has 0 atom stereocenters. The lowest BCUT2D eigenvalue weighted by Gasteiger charge is -2.09. The van der Waals surface area contributed by atoms with Gasteiger partial charge in [-0.25, -0.2) is 4.98 Å². The molecule has 140 valence electrons. The Morgan fingerprint density at radius 3 is 2.75 bits per heavy atom. The molecular formula is C21H19N5O2. The second-order valence-electron chi connectivity index (χ2n) is 6.46. The van der Waals surface area contributed by atoms with E-state index in [1.165, 1.54) is 0 Å². The summed E-state index contributed by atoms with van der Waals surface area (Å²) in [4.78, 5) is 20.2. The fourth-order valence-electron chi connectivity index (χ4n) is 3.11. The maximum Gasteiger partial charge on any atom is 0.255 e. The zero-order valence-corrected chi connectivity index (χ0v) is 15.6. The average molecular weight is 373 g/mol. The highest BCUT2D eigenvalue weighted by Gasteiger charge is 2.16. The highest BCUT2D eigenvalue weighted by Crippen LogP contribution is 2.33. The zero-order valence-electron chi connectivity index (χ0n) is 15.6. The van der Waals surface area contributed by atoms with Crippen molar-refractivity contribution in [3.63, 3.8) is 0 Å². The van der Waals surface area contributed by atoms with Crippen LogP contribution in [-0.2, 0) is 11.8 Å². The number of nitrogens with zero attached hydrogens (tertiary/aromatic N) is 4. The van der Waals surface area contributed by atoms with Crippen LogP contribution in [0.5, 0.6) is 5.75 Å². The Hall–Kier alpha value is -3.74. The molecule has 0 bridgehead atoms. The molecule has 7 heteroatoms. The number of hydrogen-bond acceptors (Lipinski definition) is 5. The molecule has 0 radical (unpaired) electrons. The van der Waals surface area contributed by atoms with Crippen LogP contribution in [0.15, 0.2) is 54.7 Å². The minimum Gasteiger partial charge on any atom is -0.484 e. The van der Waals surface area contributed by atoms with Crippen molar-refractivity contribution >= 4 is 16.9 Å². The maximum absolute atomic E-state index is 11.0. The summed E-state index contributed by atoms with van der Waals surface area (Å²) in [5.41, 5.74) is 10.3. The molecule has 0 aliphatic carbocycles. The largest absolute Gasteiger partial charge is 0.484 e. The van der Waals surface area contributed by atoms with Gasteiger partial charge < -0.3 is 10.5 Å². The lowest BCUT2D eigenvalue weighted by atomic mass is 10.0. The van der Waals surface area contributed by atoms with Gasteiger partial charge in [0.15, 0.2) is 12.3 Å². The third-order valence-corrected chi connectivity index (χ3v) is 4.54. The summed E-state index contributed by atoms with van der Waals surface area (Å²) in [7, 11) is 1.90. The Labute approximate surface area is 161 Å². The number of hydrogen-bond donors (Lipinski definition) is 1. The number of fused-ring (bicyclic) bond motifs is 1. The van der Waals surface area contributed by atoms with Crippen LogP contribution in [0, 0.1) is 6.92 Å². The van der Waals surface area contributed by atoms with Gasteiger partial charge in [-0.2, -0.15) is 5.10 Å². The molecule has 7 nitrogen and oxygen atoms in total. The van der Waals surface area contributed by atoms with Gasteiger partial charge in [0.2, 0.25) is 0 Å². The van der Waals surface area contributed by atoms with E-state index < -0.39 is 5.91 Å². The van der Waals surface area contributed by atoms with E-state index in [0.717, 1.165) is 33.6 Å². The summed E-state index contributed by atoms with van der Waals surface area (Å²) in [6, 6.07) is 15.2. The molecule has 0 aliphatic rings. The zero-order chi connectivity index (χ0) is 19.7. The van der Waals surface area contributed by atoms with Crippen LogP contribution >= 0.6 is 0 Å². The van der Waals surface area contributed by atoms with Gasteiger partial charge in [-0.1, -0.05) is 18.2 Å². The van der Waals surface area contributed by atoms with E-state index in [1.807, 2.05) is 61.1 Å². The van der Waals surface area contributed by atoms with Crippen molar-refractivity contribution in [2.75, 3.05) is 6.61 Å². The normalized spacial score (nSPS) is 10.9. The summed E-state index contributed by atoms with van der Waals surface area (Å²) in [5.74, 6) is 0.0288. The second kappa shape index (κ2) is 7.11. The number of ether oxygens (including phenoxy) is 1. The van der Waals surface area contributed by atoms with Crippen molar-refractivity contribution in [1.82, 2.24) is 19.7 Å². The molecule has 1 aromatic carbocycles. The van der Waals surface area contributed by atoms with Crippen LogP contribution in [0.1, 0.15) is 5.69 Å². The van der Waals surface area contributed by atoms with Crippen molar-refractivity contribution in [2.24, 2.45) is 12.8 Å². The molecule has 0 saturated carbocycles. The van der Waals surface area contributed by atoms with Gasteiger partial charge >= 0.3 is 0 Å². The van der Waals surface area contributed by atoms with E-state index in [9.17, 15) is 4.79 Å². The van der Waals surface area contributed by atoms with E-state index in [0.29, 0.717) is 11.4 Å². The molecule has 28 heavy (non-hydrogen) atoms. The SMILES string of the molecule is Cc1c2c(-c3ccccn3)cc(-c3cccc(OCC(N)=O)c3)nc2nn1C.